The van der Waals surface area contributed by atoms with Gasteiger partial charge in [0.25, 0.3) is 0 Å². The molecule has 20 heavy (non-hydrogen) atoms. The second-order valence-electron chi connectivity index (χ2n) is 4.06. The van der Waals surface area contributed by atoms with E-state index in [1.807, 2.05) is 0 Å². The molecule has 0 aliphatic heterocycles. The molecule has 1 amide bonds. The van der Waals surface area contributed by atoms with E-state index in [-0.39, 0.29) is 18.0 Å². The highest BCUT2D eigenvalue weighted by atomic mass is 32.2. The maximum Gasteiger partial charge on any atom is 0.315 e. The molecule has 0 radical (unpaired) electrons. The highest BCUT2D eigenvalue weighted by Gasteiger charge is 2.20. The van der Waals surface area contributed by atoms with Crippen LogP contribution in [0.3, 0.4) is 0 Å². The van der Waals surface area contributed by atoms with E-state index in [0.717, 1.165) is 0 Å². The molecular formula is C12H16N2O5S. The third-order valence-corrected chi connectivity index (χ3v) is 4.01. The lowest BCUT2D eigenvalue weighted by Gasteiger charge is -2.09. The van der Waals surface area contributed by atoms with Crippen molar-refractivity contribution < 1.29 is 23.1 Å². The number of nitrogens with one attached hydrogen (secondary N) is 2. The first-order chi connectivity index (χ1) is 9.34. The van der Waals surface area contributed by atoms with E-state index >= 15 is 0 Å². The van der Waals surface area contributed by atoms with Crippen LogP contribution in [-0.4, -0.2) is 38.5 Å². The number of carbonyl (C=O) groups is 2. The highest BCUT2D eigenvalue weighted by molar-refractivity contribution is 7.89. The number of sulfonamides is 1. The number of hydrogen-bond acceptors (Lipinski definition) is 4. The van der Waals surface area contributed by atoms with Gasteiger partial charge in [0.1, 0.15) is 5.92 Å². The van der Waals surface area contributed by atoms with E-state index in [9.17, 15) is 18.0 Å². The van der Waals surface area contributed by atoms with Gasteiger partial charge in [0, 0.05) is 13.1 Å². The van der Waals surface area contributed by atoms with Crippen LogP contribution in [0, 0.1) is 5.92 Å². The standard InChI is InChI=1S/C12H16N2O5S/c1-9(12(16)17)11(15)13-7-8-14-20(18,19)10-5-3-2-4-6-10/h2-6,9,14H,7-8H2,1H3,(H,13,15)(H,16,17). The third-order valence-electron chi connectivity index (χ3n) is 2.53. The Morgan fingerprint density at radius 3 is 2.35 bits per heavy atom. The van der Waals surface area contributed by atoms with Gasteiger partial charge in [-0.05, 0) is 19.1 Å². The fourth-order valence-electron chi connectivity index (χ4n) is 1.32. The fourth-order valence-corrected chi connectivity index (χ4v) is 2.37. The van der Waals surface area contributed by atoms with Gasteiger partial charge in [-0.3, -0.25) is 9.59 Å². The van der Waals surface area contributed by atoms with Crippen LogP contribution in [-0.2, 0) is 19.6 Å². The first kappa shape index (κ1) is 16.1. The highest BCUT2D eigenvalue weighted by Crippen LogP contribution is 2.06. The molecule has 1 atom stereocenters. The SMILES string of the molecule is CC(C(=O)O)C(=O)NCCNS(=O)(=O)c1ccccc1. The first-order valence-corrected chi connectivity index (χ1v) is 7.38. The minimum Gasteiger partial charge on any atom is -0.481 e. The lowest BCUT2D eigenvalue weighted by molar-refractivity contribution is -0.146. The number of carbonyl (C=O) groups excluding carboxylic acids is 1. The summed E-state index contributed by atoms with van der Waals surface area (Å²) in [6.45, 7) is 1.25. The number of amides is 1. The molecule has 7 nitrogen and oxygen atoms in total. The van der Waals surface area contributed by atoms with Gasteiger partial charge in [-0.1, -0.05) is 18.2 Å². The van der Waals surface area contributed by atoms with Crippen molar-refractivity contribution in [1.29, 1.82) is 0 Å². The van der Waals surface area contributed by atoms with E-state index in [1.54, 1.807) is 18.2 Å². The van der Waals surface area contributed by atoms with Crippen molar-refractivity contribution >= 4 is 21.9 Å². The summed E-state index contributed by atoms with van der Waals surface area (Å²) < 4.78 is 25.9. The molecule has 1 aromatic carbocycles. The van der Waals surface area contributed by atoms with Crippen molar-refractivity contribution in [2.75, 3.05) is 13.1 Å². The molecule has 0 fully saturated rings. The molecule has 110 valence electrons. The zero-order chi connectivity index (χ0) is 15.2. The zero-order valence-electron chi connectivity index (χ0n) is 10.9. The van der Waals surface area contributed by atoms with Gasteiger partial charge in [0.2, 0.25) is 15.9 Å². The summed E-state index contributed by atoms with van der Waals surface area (Å²) in [6.07, 6.45) is 0. The molecule has 0 heterocycles. The van der Waals surface area contributed by atoms with Gasteiger partial charge in [-0.25, -0.2) is 13.1 Å². The molecule has 0 saturated heterocycles. The van der Waals surface area contributed by atoms with Gasteiger partial charge < -0.3 is 10.4 Å². The minimum atomic E-state index is -3.61. The molecule has 0 aromatic heterocycles. The summed E-state index contributed by atoms with van der Waals surface area (Å²) in [5, 5.41) is 11.0. The summed E-state index contributed by atoms with van der Waals surface area (Å²) in [5.74, 6) is -3.05. The minimum absolute atomic E-state index is 0.0164. The first-order valence-electron chi connectivity index (χ1n) is 5.90. The number of carboxylic acid groups (broad SMARTS) is 1. The van der Waals surface area contributed by atoms with E-state index < -0.39 is 27.8 Å². The van der Waals surface area contributed by atoms with E-state index in [1.165, 1.54) is 19.1 Å². The predicted molar refractivity (Wildman–Crippen MR) is 71.4 cm³/mol. The van der Waals surface area contributed by atoms with Gasteiger partial charge in [-0.15, -0.1) is 0 Å². The number of rotatable bonds is 7. The van der Waals surface area contributed by atoms with Gasteiger partial charge >= 0.3 is 5.97 Å². The maximum absolute atomic E-state index is 11.8. The Morgan fingerprint density at radius 2 is 1.80 bits per heavy atom. The van der Waals surface area contributed by atoms with Crippen LogP contribution in [0.2, 0.25) is 0 Å². The summed E-state index contributed by atoms with van der Waals surface area (Å²) in [5.41, 5.74) is 0. The average Bonchev–Trinajstić information content (AvgIpc) is 2.43. The summed E-state index contributed by atoms with van der Waals surface area (Å²) in [4.78, 5) is 22.0. The van der Waals surface area contributed by atoms with E-state index in [2.05, 4.69) is 10.0 Å². The van der Waals surface area contributed by atoms with E-state index in [4.69, 9.17) is 5.11 Å². The molecule has 3 N–H and O–H groups in total. The largest absolute Gasteiger partial charge is 0.481 e. The molecular weight excluding hydrogens is 284 g/mol. The van der Waals surface area contributed by atoms with Crippen LogP contribution in [0.5, 0.6) is 0 Å². The molecule has 1 aromatic rings. The van der Waals surface area contributed by atoms with Crippen LogP contribution < -0.4 is 10.0 Å². The van der Waals surface area contributed by atoms with Gasteiger partial charge in [-0.2, -0.15) is 0 Å². The number of carboxylic acids is 1. The molecule has 0 saturated carbocycles. The molecule has 0 aliphatic carbocycles. The average molecular weight is 300 g/mol. The van der Waals surface area contributed by atoms with Crippen LogP contribution in [0.15, 0.2) is 35.2 Å². The van der Waals surface area contributed by atoms with Crippen molar-refractivity contribution in [1.82, 2.24) is 10.0 Å². The Labute approximate surface area is 117 Å². The number of benzene rings is 1. The molecule has 1 unspecified atom stereocenters. The fraction of sp³-hybridized carbons (Fsp3) is 0.333. The summed E-state index contributed by atoms with van der Waals surface area (Å²) in [7, 11) is -3.61. The van der Waals surface area contributed by atoms with Crippen molar-refractivity contribution in [2.45, 2.75) is 11.8 Å². The van der Waals surface area contributed by atoms with Gasteiger partial charge in [0.05, 0.1) is 4.90 Å². The maximum atomic E-state index is 11.8. The van der Waals surface area contributed by atoms with Crippen LogP contribution in [0.25, 0.3) is 0 Å². The topological polar surface area (TPSA) is 113 Å². The Hall–Kier alpha value is -1.93. The van der Waals surface area contributed by atoms with E-state index in [0.29, 0.717) is 0 Å². The lowest BCUT2D eigenvalue weighted by atomic mass is 10.2. The normalized spacial score (nSPS) is 12.7. The smallest absolute Gasteiger partial charge is 0.315 e. The number of aliphatic carboxylic acids is 1. The van der Waals surface area contributed by atoms with Crippen molar-refractivity contribution in [3.05, 3.63) is 30.3 Å². The summed E-state index contributed by atoms with van der Waals surface area (Å²) >= 11 is 0. The quantitative estimate of drug-likeness (QED) is 0.477. The van der Waals surface area contributed by atoms with Crippen molar-refractivity contribution in [2.24, 2.45) is 5.92 Å². The Morgan fingerprint density at radius 1 is 1.20 bits per heavy atom. The molecule has 0 aliphatic rings. The Kier molecular flexibility index (Phi) is 5.66. The lowest BCUT2D eigenvalue weighted by Crippen LogP contribution is -2.38. The van der Waals surface area contributed by atoms with Crippen LogP contribution >= 0.6 is 0 Å². The molecule has 0 spiro atoms. The Bertz CT molecular complexity index is 571. The summed E-state index contributed by atoms with van der Waals surface area (Å²) in [6, 6.07) is 7.81. The van der Waals surface area contributed by atoms with Gasteiger partial charge in [0.15, 0.2) is 0 Å². The molecule has 0 bridgehead atoms. The third kappa shape index (κ3) is 4.63. The second-order valence-corrected chi connectivity index (χ2v) is 5.83. The molecule has 8 heteroatoms. The Balaban J connectivity index is 2.42. The van der Waals surface area contributed by atoms with Crippen molar-refractivity contribution in [3.8, 4) is 0 Å². The zero-order valence-corrected chi connectivity index (χ0v) is 11.7. The second kappa shape index (κ2) is 7.01. The number of hydrogen-bond donors (Lipinski definition) is 3. The van der Waals surface area contributed by atoms with Crippen LogP contribution in [0.1, 0.15) is 6.92 Å². The van der Waals surface area contributed by atoms with Crippen LogP contribution in [0.4, 0.5) is 0 Å². The van der Waals surface area contributed by atoms with Crippen molar-refractivity contribution in [3.63, 3.8) is 0 Å². The monoisotopic (exact) mass is 300 g/mol. The predicted octanol–water partition coefficient (Wildman–Crippen LogP) is -0.198. The molecule has 1 rings (SSSR count).